The van der Waals surface area contributed by atoms with Crippen molar-refractivity contribution in [2.75, 3.05) is 19.8 Å². The number of alkyl halides is 3. The molecule has 3 rings (SSSR count). The number of carboxylic acid groups (broad SMARTS) is 1. The van der Waals surface area contributed by atoms with Gasteiger partial charge >= 0.3 is 12.1 Å². The predicted molar refractivity (Wildman–Crippen MR) is 104 cm³/mol. The third kappa shape index (κ3) is 5.49. The maximum Gasteiger partial charge on any atom is 0.416 e. The number of fused-ring (bicyclic) bond motifs is 1. The fraction of sp³-hybridized carbons (Fsp3) is 0.333. The molecule has 1 N–H and O–H groups in total. The van der Waals surface area contributed by atoms with Gasteiger partial charge in [0.25, 0.3) is 0 Å². The third-order valence-corrected chi connectivity index (χ3v) is 4.94. The van der Waals surface area contributed by atoms with Crippen LogP contribution in [0.25, 0.3) is 0 Å². The lowest BCUT2D eigenvalue weighted by molar-refractivity contribution is -0.142. The van der Waals surface area contributed by atoms with E-state index in [1.165, 1.54) is 6.07 Å². The molecule has 11 heteroatoms. The van der Waals surface area contributed by atoms with E-state index in [1.54, 1.807) is 0 Å². The van der Waals surface area contributed by atoms with E-state index in [4.69, 9.17) is 30.9 Å². The van der Waals surface area contributed by atoms with Crippen LogP contribution in [-0.4, -0.2) is 36.7 Å². The first-order valence-electron chi connectivity index (χ1n) is 9.39. The van der Waals surface area contributed by atoms with Gasteiger partial charge in [-0.05, 0) is 24.3 Å². The van der Waals surface area contributed by atoms with Crippen LogP contribution in [0.5, 0.6) is 11.5 Å². The predicted octanol–water partition coefficient (Wildman–Crippen LogP) is 5.07. The van der Waals surface area contributed by atoms with Crippen molar-refractivity contribution in [1.29, 1.82) is 0 Å². The lowest BCUT2D eigenvalue weighted by atomic mass is 9.95. The Labute approximate surface area is 184 Å². The molecule has 0 spiro atoms. The van der Waals surface area contributed by atoms with Gasteiger partial charge in [-0.3, -0.25) is 4.79 Å². The van der Waals surface area contributed by atoms with E-state index in [0.29, 0.717) is 0 Å². The minimum Gasteiger partial charge on any atom is -0.493 e. The molecule has 0 saturated heterocycles. The average molecular weight is 477 g/mol. The number of aliphatic carboxylic acids is 1. The van der Waals surface area contributed by atoms with Gasteiger partial charge in [0.15, 0.2) is 11.5 Å². The second-order valence-electron chi connectivity index (χ2n) is 6.87. The number of halogens is 5. The Balaban J connectivity index is 1.84. The zero-order valence-corrected chi connectivity index (χ0v) is 17.1. The van der Waals surface area contributed by atoms with E-state index in [2.05, 4.69) is 0 Å². The molecule has 1 unspecified atom stereocenters. The van der Waals surface area contributed by atoms with Crippen molar-refractivity contribution in [3.8, 4) is 11.5 Å². The summed E-state index contributed by atoms with van der Waals surface area (Å²) in [5.41, 5.74) is -0.730. The van der Waals surface area contributed by atoms with E-state index in [1.807, 2.05) is 0 Å². The Morgan fingerprint density at radius 2 is 1.97 bits per heavy atom. The Kier molecular flexibility index (Phi) is 7.25. The van der Waals surface area contributed by atoms with Gasteiger partial charge < -0.3 is 19.3 Å². The van der Waals surface area contributed by atoms with Crippen LogP contribution in [-0.2, 0) is 15.7 Å². The van der Waals surface area contributed by atoms with Crippen molar-refractivity contribution < 1.29 is 46.5 Å². The summed E-state index contributed by atoms with van der Waals surface area (Å²) in [5, 5.41) is 8.13. The van der Waals surface area contributed by atoms with Crippen LogP contribution in [0.4, 0.5) is 17.6 Å². The second kappa shape index (κ2) is 9.74. The van der Waals surface area contributed by atoms with Gasteiger partial charge in [-0.25, -0.2) is 9.18 Å². The molecule has 1 aliphatic rings. The number of ether oxygens (including phenoxy) is 3. The highest BCUT2D eigenvalue weighted by Gasteiger charge is 2.35. The molecule has 1 atom stereocenters. The van der Waals surface area contributed by atoms with E-state index in [9.17, 15) is 27.2 Å². The SMILES string of the molecule is O=C(O)COCCCOc1cc(C(F)(F)F)ccc1C1CC(=O)c2ccc(F)c(Cl)c2O1. The van der Waals surface area contributed by atoms with Crippen LogP contribution in [0.1, 0.15) is 40.4 Å². The summed E-state index contributed by atoms with van der Waals surface area (Å²) < 4.78 is 69.4. The van der Waals surface area contributed by atoms with Crippen LogP contribution in [0.2, 0.25) is 5.02 Å². The number of carbonyl (C=O) groups is 2. The molecule has 0 saturated carbocycles. The molecule has 2 aromatic rings. The lowest BCUT2D eigenvalue weighted by Gasteiger charge is -2.28. The van der Waals surface area contributed by atoms with Gasteiger partial charge in [-0.1, -0.05) is 17.7 Å². The van der Waals surface area contributed by atoms with Gasteiger partial charge in [0.05, 0.1) is 30.8 Å². The fourth-order valence-electron chi connectivity index (χ4n) is 3.11. The first-order chi connectivity index (χ1) is 15.1. The molecule has 0 bridgehead atoms. The normalized spacial score (nSPS) is 15.8. The minimum absolute atomic E-state index is 0.0151. The molecule has 0 radical (unpaired) electrons. The number of carbonyl (C=O) groups excluding carboxylic acids is 1. The Morgan fingerprint density at radius 3 is 2.66 bits per heavy atom. The number of rotatable bonds is 8. The monoisotopic (exact) mass is 476 g/mol. The highest BCUT2D eigenvalue weighted by atomic mass is 35.5. The molecular formula is C21H17ClF4O6. The van der Waals surface area contributed by atoms with Crippen LogP contribution < -0.4 is 9.47 Å². The molecular weight excluding hydrogens is 460 g/mol. The fourth-order valence-corrected chi connectivity index (χ4v) is 3.32. The Morgan fingerprint density at radius 1 is 1.22 bits per heavy atom. The molecule has 0 fully saturated rings. The summed E-state index contributed by atoms with van der Waals surface area (Å²) in [6.07, 6.45) is -5.69. The average Bonchev–Trinajstić information content (AvgIpc) is 2.72. The molecule has 32 heavy (non-hydrogen) atoms. The number of Topliss-reactive ketones (excluding diaryl/α,β-unsaturated/α-hetero) is 1. The number of hydrogen-bond donors (Lipinski definition) is 1. The number of benzene rings is 2. The summed E-state index contributed by atoms with van der Waals surface area (Å²) in [5.74, 6) is -2.72. The molecule has 1 aliphatic heterocycles. The molecule has 1 heterocycles. The highest BCUT2D eigenvalue weighted by Crippen LogP contribution is 2.44. The quantitative estimate of drug-likeness (QED) is 0.423. The van der Waals surface area contributed by atoms with Gasteiger partial charge in [0.1, 0.15) is 29.3 Å². The van der Waals surface area contributed by atoms with E-state index in [-0.39, 0.29) is 48.7 Å². The highest BCUT2D eigenvalue weighted by molar-refractivity contribution is 6.33. The zero-order valence-electron chi connectivity index (χ0n) is 16.4. The van der Waals surface area contributed by atoms with Crippen molar-refractivity contribution in [3.63, 3.8) is 0 Å². The van der Waals surface area contributed by atoms with E-state index >= 15 is 0 Å². The molecule has 172 valence electrons. The molecule has 0 aliphatic carbocycles. The topological polar surface area (TPSA) is 82.1 Å². The van der Waals surface area contributed by atoms with Gasteiger partial charge in [-0.15, -0.1) is 0 Å². The standard InChI is InChI=1S/C21H17ClF4O6/c22-19-14(23)5-4-12-15(27)9-17(32-20(12)19)13-3-2-11(21(24,25)26)8-16(13)31-7-1-6-30-10-18(28)29/h2-5,8,17H,1,6-7,9-10H2,(H,28,29). The number of carboxylic acids is 1. The molecule has 0 amide bonds. The lowest BCUT2D eigenvalue weighted by Crippen LogP contribution is -2.22. The van der Waals surface area contributed by atoms with Crippen molar-refractivity contribution in [1.82, 2.24) is 0 Å². The summed E-state index contributed by atoms with van der Waals surface area (Å²) in [6.45, 7) is -0.578. The Hall–Kier alpha value is -2.85. The van der Waals surface area contributed by atoms with Gasteiger partial charge in [0.2, 0.25) is 0 Å². The maximum absolute atomic E-state index is 13.8. The molecule has 2 aromatic carbocycles. The Bertz CT molecular complexity index is 1020. The van der Waals surface area contributed by atoms with Gasteiger partial charge in [0, 0.05) is 12.0 Å². The smallest absolute Gasteiger partial charge is 0.416 e. The van der Waals surface area contributed by atoms with E-state index < -0.39 is 47.0 Å². The first-order valence-corrected chi connectivity index (χ1v) is 9.77. The largest absolute Gasteiger partial charge is 0.493 e. The van der Waals surface area contributed by atoms with Crippen LogP contribution in [0.15, 0.2) is 30.3 Å². The summed E-state index contributed by atoms with van der Waals surface area (Å²) in [4.78, 5) is 22.9. The minimum atomic E-state index is -4.64. The first kappa shape index (κ1) is 23.8. The summed E-state index contributed by atoms with van der Waals surface area (Å²) in [6, 6.07) is 5.01. The molecule has 6 nitrogen and oxygen atoms in total. The van der Waals surface area contributed by atoms with Crippen LogP contribution in [0, 0.1) is 5.82 Å². The maximum atomic E-state index is 13.8. The van der Waals surface area contributed by atoms with E-state index in [0.717, 1.165) is 24.3 Å². The van der Waals surface area contributed by atoms with Crippen LogP contribution >= 0.6 is 11.6 Å². The van der Waals surface area contributed by atoms with Gasteiger partial charge in [-0.2, -0.15) is 13.2 Å². The number of ketones is 1. The van der Waals surface area contributed by atoms with Crippen molar-refractivity contribution in [2.24, 2.45) is 0 Å². The summed E-state index contributed by atoms with van der Waals surface area (Å²) >= 11 is 5.92. The third-order valence-electron chi connectivity index (χ3n) is 4.59. The van der Waals surface area contributed by atoms with Crippen LogP contribution in [0.3, 0.4) is 0 Å². The van der Waals surface area contributed by atoms with Crippen molar-refractivity contribution >= 4 is 23.4 Å². The molecule has 0 aromatic heterocycles. The number of hydrogen-bond acceptors (Lipinski definition) is 5. The van der Waals surface area contributed by atoms with Crippen molar-refractivity contribution in [3.05, 3.63) is 57.9 Å². The second-order valence-corrected chi connectivity index (χ2v) is 7.25. The van der Waals surface area contributed by atoms with Crippen molar-refractivity contribution in [2.45, 2.75) is 25.1 Å². The summed E-state index contributed by atoms with van der Waals surface area (Å²) in [7, 11) is 0. The zero-order chi connectivity index (χ0) is 23.5.